The van der Waals surface area contributed by atoms with Crippen LogP contribution in [0.15, 0.2) is 17.0 Å². The Hall–Kier alpha value is -1.09. The van der Waals surface area contributed by atoms with Gasteiger partial charge in [-0.15, -0.1) is 0 Å². The summed E-state index contributed by atoms with van der Waals surface area (Å²) in [6, 6.07) is 3.92. The monoisotopic (exact) mass is 263 g/mol. The Morgan fingerprint density at radius 1 is 1.40 bits per heavy atom. The van der Waals surface area contributed by atoms with Crippen LogP contribution in [0.5, 0.6) is 0 Å². The molecule has 0 bridgehead atoms. The molecule has 0 spiro atoms. The molecule has 15 heavy (non-hydrogen) atoms. The number of rotatable bonds is 2. The van der Waals surface area contributed by atoms with Crippen molar-refractivity contribution in [1.82, 2.24) is 0 Å². The van der Waals surface area contributed by atoms with Gasteiger partial charge in [0, 0.05) is 10.7 Å². The fourth-order valence-electron chi connectivity index (χ4n) is 1.02. The molecule has 0 atom stereocenters. The molecule has 0 saturated heterocycles. The minimum Gasteiger partial charge on any atom is -0.298 e. The van der Waals surface area contributed by atoms with Crippen LogP contribution >= 0.6 is 22.3 Å². The summed E-state index contributed by atoms with van der Waals surface area (Å²) in [6.45, 7) is 0. The predicted molar refractivity (Wildman–Crippen MR) is 54.6 cm³/mol. The summed E-state index contributed by atoms with van der Waals surface area (Å²) in [5, 5.41) is 8.69. The number of halogens is 2. The van der Waals surface area contributed by atoms with Gasteiger partial charge in [0.25, 0.3) is 9.05 Å². The van der Waals surface area contributed by atoms with Crippen LogP contribution in [-0.4, -0.2) is 14.7 Å². The summed E-state index contributed by atoms with van der Waals surface area (Å²) < 4.78 is 22.1. The van der Waals surface area contributed by atoms with Gasteiger partial charge in [-0.05, 0) is 12.1 Å². The first-order valence-electron chi connectivity index (χ1n) is 3.54. The first-order chi connectivity index (χ1) is 6.91. The van der Waals surface area contributed by atoms with Gasteiger partial charge in [0.05, 0.1) is 21.0 Å². The van der Waals surface area contributed by atoms with Crippen LogP contribution in [0.2, 0.25) is 5.02 Å². The Morgan fingerprint density at radius 2 is 2.00 bits per heavy atom. The zero-order valence-electron chi connectivity index (χ0n) is 7.07. The van der Waals surface area contributed by atoms with Gasteiger partial charge < -0.3 is 0 Å². The van der Waals surface area contributed by atoms with Crippen molar-refractivity contribution in [3.63, 3.8) is 0 Å². The minimum atomic E-state index is -4.06. The molecule has 0 heterocycles. The Labute approximate surface area is 95.5 Å². The summed E-state index contributed by atoms with van der Waals surface area (Å²) >= 11 is 5.61. The molecule has 1 aromatic carbocycles. The van der Waals surface area contributed by atoms with E-state index in [1.807, 2.05) is 0 Å². The molecule has 0 radical (unpaired) electrons. The normalized spacial score (nSPS) is 10.7. The van der Waals surface area contributed by atoms with Gasteiger partial charge in [0.2, 0.25) is 0 Å². The molecule has 0 aliphatic rings. The summed E-state index contributed by atoms with van der Waals surface area (Å²) in [6.07, 6.45) is 0.236. The maximum atomic E-state index is 11.0. The number of carbonyl (C=O) groups excluding carboxylic acids is 1. The third kappa shape index (κ3) is 2.29. The molecule has 0 N–H and O–H groups in total. The lowest BCUT2D eigenvalue weighted by Crippen LogP contribution is -2.00. The van der Waals surface area contributed by atoms with Crippen LogP contribution in [0.25, 0.3) is 0 Å². The molecule has 0 amide bonds. The van der Waals surface area contributed by atoms with E-state index in [2.05, 4.69) is 0 Å². The summed E-state index contributed by atoms with van der Waals surface area (Å²) in [7, 11) is 1.02. The molecular formula is C8H3Cl2NO3S. The standard InChI is InChI=1S/C8H3Cl2NO3S/c9-7-1-2-8(15(10,13)14)6(4-12)5(7)3-11/h1-2,4H. The van der Waals surface area contributed by atoms with Crippen LogP contribution in [0, 0.1) is 11.3 Å². The first kappa shape index (κ1) is 12.0. The summed E-state index contributed by atoms with van der Waals surface area (Å²) in [5.74, 6) is 0. The van der Waals surface area contributed by atoms with Crippen molar-refractivity contribution in [2.45, 2.75) is 4.90 Å². The highest BCUT2D eigenvalue weighted by Gasteiger charge is 2.20. The van der Waals surface area contributed by atoms with Gasteiger partial charge in [0.15, 0.2) is 6.29 Å². The van der Waals surface area contributed by atoms with E-state index in [9.17, 15) is 13.2 Å². The molecule has 78 valence electrons. The van der Waals surface area contributed by atoms with E-state index in [1.54, 1.807) is 6.07 Å². The molecule has 0 aromatic heterocycles. The lowest BCUT2D eigenvalue weighted by molar-refractivity contribution is 0.112. The quantitative estimate of drug-likeness (QED) is 0.604. The molecule has 0 unspecified atom stereocenters. The third-order valence-electron chi connectivity index (χ3n) is 1.65. The SMILES string of the molecule is N#Cc1c(Cl)ccc(S(=O)(=O)Cl)c1C=O. The molecule has 1 aromatic rings. The molecule has 7 heteroatoms. The van der Waals surface area contributed by atoms with Crippen molar-refractivity contribution in [3.05, 3.63) is 28.3 Å². The van der Waals surface area contributed by atoms with Crippen LogP contribution < -0.4 is 0 Å². The zero-order valence-corrected chi connectivity index (χ0v) is 9.40. The Kier molecular flexibility index (Phi) is 3.35. The highest BCUT2D eigenvalue weighted by molar-refractivity contribution is 8.13. The maximum Gasteiger partial charge on any atom is 0.262 e. The fourth-order valence-corrected chi connectivity index (χ4v) is 2.27. The van der Waals surface area contributed by atoms with Gasteiger partial charge in [0.1, 0.15) is 6.07 Å². The number of benzene rings is 1. The Bertz CT molecular complexity index is 560. The van der Waals surface area contributed by atoms with Gasteiger partial charge in [-0.3, -0.25) is 4.79 Å². The second-order valence-electron chi connectivity index (χ2n) is 2.50. The van der Waals surface area contributed by atoms with Crippen LogP contribution in [0.3, 0.4) is 0 Å². The molecule has 0 saturated carbocycles. The van der Waals surface area contributed by atoms with E-state index in [0.29, 0.717) is 0 Å². The van der Waals surface area contributed by atoms with Crippen molar-refractivity contribution in [1.29, 1.82) is 5.26 Å². The number of aldehydes is 1. The molecule has 1 rings (SSSR count). The van der Waals surface area contributed by atoms with Crippen molar-refractivity contribution < 1.29 is 13.2 Å². The smallest absolute Gasteiger partial charge is 0.262 e. The van der Waals surface area contributed by atoms with E-state index < -0.39 is 13.9 Å². The summed E-state index contributed by atoms with van der Waals surface area (Å²) in [5.41, 5.74) is -0.520. The number of carbonyl (C=O) groups is 1. The predicted octanol–water partition coefficient (Wildman–Crippen LogP) is 1.95. The van der Waals surface area contributed by atoms with Gasteiger partial charge >= 0.3 is 0 Å². The Morgan fingerprint density at radius 3 is 2.40 bits per heavy atom. The van der Waals surface area contributed by atoms with Crippen molar-refractivity contribution in [2.24, 2.45) is 0 Å². The number of nitrogens with zero attached hydrogens (tertiary/aromatic N) is 1. The van der Waals surface area contributed by atoms with E-state index in [-0.39, 0.29) is 22.4 Å². The maximum absolute atomic E-state index is 11.0. The topological polar surface area (TPSA) is 75.0 Å². The second-order valence-corrected chi connectivity index (χ2v) is 5.44. The Balaban J connectivity index is 3.74. The highest BCUT2D eigenvalue weighted by Crippen LogP contribution is 2.26. The molecule has 0 aliphatic carbocycles. The average Bonchev–Trinajstić information content (AvgIpc) is 2.15. The first-order valence-corrected chi connectivity index (χ1v) is 6.23. The van der Waals surface area contributed by atoms with Crippen LogP contribution in [-0.2, 0) is 9.05 Å². The van der Waals surface area contributed by atoms with Crippen LogP contribution in [0.1, 0.15) is 15.9 Å². The highest BCUT2D eigenvalue weighted by atomic mass is 35.7. The molecule has 4 nitrogen and oxygen atoms in total. The van der Waals surface area contributed by atoms with E-state index in [0.717, 1.165) is 6.07 Å². The average molecular weight is 264 g/mol. The zero-order chi connectivity index (χ0) is 11.6. The molecule has 0 aliphatic heterocycles. The number of hydrogen-bond acceptors (Lipinski definition) is 4. The summed E-state index contributed by atoms with van der Waals surface area (Å²) in [4.78, 5) is 10.3. The molecular weight excluding hydrogens is 261 g/mol. The van der Waals surface area contributed by atoms with Crippen LogP contribution in [0.4, 0.5) is 0 Å². The van der Waals surface area contributed by atoms with E-state index in [4.69, 9.17) is 27.5 Å². The lowest BCUT2D eigenvalue weighted by Gasteiger charge is -2.03. The van der Waals surface area contributed by atoms with Gasteiger partial charge in [-0.1, -0.05) is 11.6 Å². The fraction of sp³-hybridized carbons (Fsp3) is 0. The van der Waals surface area contributed by atoms with E-state index in [1.165, 1.54) is 6.07 Å². The van der Waals surface area contributed by atoms with Gasteiger partial charge in [-0.2, -0.15) is 5.26 Å². The number of nitriles is 1. The second kappa shape index (κ2) is 4.19. The number of hydrogen-bond donors (Lipinski definition) is 0. The molecule has 0 fully saturated rings. The van der Waals surface area contributed by atoms with Gasteiger partial charge in [-0.25, -0.2) is 8.42 Å². The lowest BCUT2D eigenvalue weighted by atomic mass is 10.1. The van der Waals surface area contributed by atoms with Crippen molar-refractivity contribution in [3.8, 4) is 6.07 Å². The van der Waals surface area contributed by atoms with Crippen molar-refractivity contribution >= 4 is 37.6 Å². The van der Waals surface area contributed by atoms with E-state index >= 15 is 0 Å². The largest absolute Gasteiger partial charge is 0.298 e. The van der Waals surface area contributed by atoms with Crippen molar-refractivity contribution in [2.75, 3.05) is 0 Å². The minimum absolute atomic E-state index is 0.00340. The third-order valence-corrected chi connectivity index (χ3v) is 3.34.